The van der Waals surface area contributed by atoms with E-state index in [0.29, 0.717) is 0 Å². The third-order valence-electron chi connectivity index (χ3n) is 6.27. The zero-order chi connectivity index (χ0) is 23.0. The molecule has 3 aromatic rings. The van der Waals surface area contributed by atoms with Crippen LogP contribution in [0.25, 0.3) is 11.3 Å². The normalized spacial score (nSPS) is 14.2. The molecule has 33 heavy (non-hydrogen) atoms. The maximum absolute atomic E-state index is 12.7. The molecule has 172 valence electrons. The zero-order valence-corrected chi connectivity index (χ0v) is 19.5. The van der Waals surface area contributed by atoms with E-state index in [1.165, 1.54) is 18.4 Å². The third kappa shape index (κ3) is 5.89. The Balaban J connectivity index is 1.28. The van der Waals surface area contributed by atoms with Crippen molar-refractivity contribution in [2.75, 3.05) is 30.4 Å². The van der Waals surface area contributed by atoms with Gasteiger partial charge in [-0.3, -0.25) is 4.79 Å². The summed E-state index contributed by atoms with van der Waals surface area (Å²) in [6, 6.07) is 20.0. The zero-order valence-electron chi connectivity index (χ0n) is 19.5. The molecule has 6 heteroatoms. The first-order chi connectivity index (χ1) is 16.2. The average molecular weight is 445 g/mol. The number of piperidine rings is 1. The lowest BCUT2D eigenvalue weighted by atomic mass is 9.95. The number of nitrogens with zero attached hydrogens (tertiary/aromatic N) is 3. The van der Waals surface area contributed by atoms with Crippen LogP contribution in [0.15, 0.2) is 60.7 Å². The number of ether oxygens (including phenoxy) is 1. The smallest absolute Gasteiger partial charge is 0.227 e. The van der Waals surface area contributed by atoms with Crippen molar-refractivity contribution in [3.63, 3.8) is 0 Å². The summed E-state index contributed by atoms with van der Waals surface area (Å²) >= 11 is 0. The number of carbonyl (C=O) groups is 1. The van der Waals surface area contributed by atoms with E-state index in [2.05, 4.69) is 39.5 Å². The molecule has 1 aliphatic rings. The number of carbonyl (C=O) groups excluding carboxylic acids is 1. The largest absolute Gasteiger partial charge is 0.497 e. The Labute approximate surface area is 196 Å². The summed E-state index contributed by atoms with van der Waals surface area (Å²) in [7, 11) is 1.65. The number of aromatic nitrogens is 2. The van der Waals surface area contributed by atoms with E-state index in [1.54, 1.807) is 7.11 Å². The second kappa shape index (κ2) is 10.9. The molecule has 1 amide bonds. The van der Waals surface area contributed by atoms with Gasteiger partial charge in [0, 0.05) is 30.3 Å². The quantitative estimate of drug-likeness (QED) is 0.507. The number of nitrogens with one attached hydrogen (secondary N) is 1. The fraction of sp³-hybridized carbons (Fsp3) is 0.370. The molecule has 2 aromatic carbocycles. The van der Waals surface area contributed by atoms with Gasteiger partial charge in [0.15, 0.2) is 5.82 Å². The highest BCUT2D eigenvalue weighted by Gasteiger charge is 2.26. The molecule has 1 aliphatic heterocycles. The van der Waals surface area contributed by atoms with Crippen LogP contribution in [0.3, 0.4) is 0 Å². The van der Waals surface area contributed by atoms with Crippen LogP contribution < -0.4 is 15.0 Å². The molecule has 4 rings (SSSR count). The Hall–Kier alpha value is -3.41. The van der Waals surface area contributed by atoms with Crippen molar-refractivity contribution in [2.45, 2.75) is 39.0 Å². The summed E-state index contributed by atoms with van der Waals surface area (Å²) in [5, 5.41) is 11.9. The van der Waals surface area contributed by atoms with Gasteiger partial charge in [-0.15, -0.1) is 10.2 Å². The molecule has 0 aliphatic carbocycles. The molecule has 0 spiro atoms. The molecule has 0 unspecified atom stereocenters. The second-order valence-corrected chi connectivity index (χ2v) is 8.56. The molecule has 1 fully saturated rings. The number of hydrogen-bond acceptors (Lipinski definition) is 5. The molecule has 0 radical (unpaired) electrons. The Morgan fingerprint density at radius 3 is 2.33 bits per heavy atom. The summed E-state index contributed by atoms with van der Waals surface area (Å²) in [5.74, 6) is 1.80. The minimum absolute atomic E-state index is 0.0209. The predicted octanol–water partition coefficient (Wildman–Crippen LogP) is 5.35. The minimum Gasteiger partial charge on any atom is -0.497 e. The molecule has 2 heterocycles. The number of benzene rings is 2. The molecule has 0 bridgehead atoms. The summed E-state index contributed by atoms with van der Waals surface area (Å²) in [6.07, 6.45) is 5.09. The van der Waals surface area contributed by atoms with Gasteiger partial charge < -0.3 is 15.0 Å². The fourth-order valence-electron chi connectivity index (χ4n) is 4.16. The van der Waals surface area contributed by atoms with Crippen LogP contribution >= 0.6 is 0 Å². The first-order valence-electron chi connectivity index (χ1n) is 11.8. The maximum Gasteiger partial charge on any atom is 0.227 e. The number of aryl methyl sites for hydroxylation is 1. The molecule has 0 atom stereocenters. The van der Waals surface area contributed by atoms with E-state index < -0.39 is 0 Å². The van der Waals surface area contributed by atoms with Crippen molar-refractivity contribution in [3.05, 3.63) is 66.2 Å². The molecular formula is C27H32N4O2. The predicted molar refractivity (Wildman–Crippen MR) is 133 cm³/mol. The average Bonchev–Trinajstić information content (AvgIpc) is 2.88. The topological polar surface area (TPSA) is 67.4 Å². The summed E-state index contributed by atoms with van der Waals surface area (Å²) in [4.78, 5) is 15.0. The molecule has 6 nitrogen and oxygen atoms in total. The van der Waals surface area contributed by atoms with E-state index in [1.807, 2.05) is 48.5 Å². The van der Waals surface area contributed by atoms with Crippen LogP contribution in [0.2, 0.25) is 0 Å². The van der Waals surface area contributed by atoms with Gasteiger partial charge >= 0.3 is 0 Å². The summed E-state index contributed by atoms with van der Waals surface area (Å²) in [5.41, 5.74) is 4.03. The standard InChI is InChI=1S/C27H32N4O2/c1-3-4-5-20-6-10-23(11-7-20)28-27(32)22-16-18-31(19-17-22)26-15-14-25(29-30-26)21-8-12-24(33-2)13-9-21/h6-15,22H,3-5,16-19H2,1-2H3,(H,28,32). The van der Waals surface area contributed by atoms with Crippen molar-refractivity contribution < 1.29 is 9.53 Å². The molecule has 1 aromatic heterocycles. The van der Waals surface area contributed by atoms with Crippen molar-refractivity contribution in [1.82, 2.24) is 10.2 Å². The van der Waals surface area contributed by atoms with Gasteiger partial charge in [-0.2, -0.15) is 0 Å². The highest BCUT2D eigenvalue weighted by Crippen LogP contribution is 2.25. The lowest BCUT2D eigenvalue weighted by molar-refractivity contribution is -0.120. The van der Waals surface area contributed by atoms with Crippen LogP contribution in [-0.2, 0) is 11.2 Å². The lowest BCUT2D eigenvalue weighted by Crippen LogP contribution is -2.38. The number of amides is 1. The molecular weight excluding hydrogens is 412 g/mol. The number of rotatable bonds is 8. The van der Waals surface area contributed by atoms with E-state index in [9.17, 15) is 4.79 Å². The van der Waals surface area contributed by atoms with Gasteiger partial charge in [0.1, 0.15) is 5.75 Å². The summed E-state index contributed by atoms with van der Waals surface area (Å²) in [6.45, 7) is 3.79. The van der Waals surface area contributed by atoms with Crippen LogP contribution in [0.4, 0.5) is 11.5 Å². The van der Waals surface area contributed by atoms with Crippen molar-refractivity contribution in [1.29, 1.82) is 0 Å². The van der Waals surface area contributed by atoms with Crippen molar-refractivity contribution in [2.24, 2.45) is 5.92 Å². The van der Waals surface area contributed by atoms with E-state index in [0.717, 1.165) is 60.9 Å². The highest BCUT2D eigenvalue weighted by atomic mass is 16.5. The monoisotopic (exact) mass is 444 g/mol. The number of methoxy groups -OCH3 is 1. The van der Waals surface area contributed by atoms with Gasteiger partial charge in [-0.25, -0.2) is 0 Å². The number of anilines is 2. The Kier molecular flexibility index (Phi) is 7.55. The fourth-order valence-corrected chi connectivity index (χ4v) is 4.16. The SMILES string of the molecule is CCCCc1ccc(NC(=O)C2CCN(c3ccc(-c4ccc(OC)cc4)nn3)CC2)cc1. The summed E-state index contributed by atoms with van der Waals surface area (Å²) < 4.78 is 5.21. The highest BCUT2D eigenvalue weighted by molar-refractivity contribution is 5.92. The first-order valence-corrected chi connectivity index (χ1v) is 11.8. The molecule has 1 N–H and O–H groups in total. The van der Waals surface area contributed by atoms with Gasteiger partial charge in [0.05, 0.1) is 12.8 Å². The van der Waals surface area contributed by atoms with Crippen LogP contribution in [0.5, 0.6) is 5.75 Å². The molecule has 0 saturated carbocycles. The van der Waals surface area contributed by atoms with Gasteiger partial charge in [0.25, 0.3) is 0 Å². The Morgan fingerprint density at radius 1 is 1.00 bits per heavy atom. The van der Waals surface area contributed by atoms with Crippen molar-refractivity contribution in [3.8, 4) is 17.0 Å². The van der Waals surface area contributed by atoms with Crippen molar-refractivity contribution >= 4 is 17.4 Å². The van der Waals surface area contributed by atoms with E-state index in [-0.39, 0.29) is 11.8 Å². The Bertz CT molecular complexity index is 1030. The number of unbranched alkanes of at least 4 members (excludes halogenated alkanes) is 1. The van der Waals surface area contributed by atoms with Crippen LogP contribution in [0, 0.1) is 5.92 Å². The number of hydrogen-bond donors (Lipinski definition) is 1. The third-order valence-corrected chi connectivity index (χ3v) is 6.27. The second-order valence-electron chi connectivity index (χ2n) is 8.56. The van der Waals surface area contributed by atoms with Crippen LogP contribution in [0.1, 0.15) is 38.2 Å². The first kappa shape index (κ1) is 22.8. The van der Waals surface area contributed by atoms with E-state index >= 15 is 0 Å². The van der Waals surface area contributed by atoms with Crippen LogP contribution in [-0.4, -0.2) is 36.3 Å². The van der Waals surface area contributed by atoms with Gasteiger partial charge in [0.2, 0.25) is 5.91 Å². The lowest BCUT2D eigenvalue weighted by Gasteiger charge is -2.31. The minimum atomic E-state index is 0.0209. The maximum atomic E-state index is 12.7. The van der Waals surface area contributed by atoms with E-state index in [4.69, 9.17) is 4.74 Å². The Morgan fingerprint density at radius 2 is 1.73 bits per heavy atom. The molecule has 1 saturated heterocycles. The van der Waals surface area contributed by atoms with Gasteiger partial charge in [-0.1, -0.05) is 25.5 Å². The van der Waals surface area contributed by atoms with Gasteiger partial charge in [-0.05, 0) is 79.8 Å².